The van der Waals surface area contributed by atoms with Gasteiger partial charge in [0.05, 0.1) is 5.69 Å². The summed E-state index contributed by atoms with van der Waals surface area (Å²) in [6.45, 7) is -0.334. The van der Waals surface area contributed by atoms with E-state index in [9.17, 15) is 39.9 Å². The summed E-state index contributed by atoms with van der Waals surface area (Å²) in [6, 6.07) is 11.3. The van der Waals surface area contributed by atoms with Crippen LogP contribution in [0.25, 0.3) is 0 Å². The molecule has 0 bridgehead atoms. The maximum absolute atomic E-state index is 13.7. The number of aromatic nitrogens is 1. The first kappa shape index (κ1) is 29.9. The number of ether oxygens (including phenoxy) is 1. The molecule has 0 aliphatic carbocycles. The van der Waals surface area contributed by atoms with Gasteiger partial charge in [0, 0.05) is 25.7 Å². The summed E-state index contributed by atoms with van der Waals surface area (Å²) in [5.41, 5.74) is -0.475. The zero-order valence-electron chi connectivity index (χ0n) is 20.0. The Morgan fingerprint density at radius 1 is 0.949 bits per heavy atom. The lowest BCUT2D eigenvalue weighted by Gasteiger charge is -2.24. The van der Waals surface area contributed by atoms with Crippen molar-refractivity contribution in [1.29, 1.82) is 0 Å². The molecule has 0 atom stereocenters. The van der Waals surface area contributed by atoms with Gasteiger partial charge >= 0.3 is 18.5 Å². The van der Waals surface area contributed by atoms with Crippen molar-refractivity contribution < 1.29 is 44.7 Å². The zero-order chi connectivity index (χ0) is 29.0. The molecule has 0 aliphatic heterocycles. The first-order chi connectivity index (χ1) is 18.1. The molecule has 1 heterocycles. The molecule has 0 spiro atoms. The average molecular weight is 582 g/mol. The molecule has 39 heavy (non-hydrogen) atoms. The first-order valence-corrected chi connectivity index (χ1v) is 11.5. The Hall–Kier alpha value is -3.61. The molecule has 3 rings (SSSR count). The SMILES string of the molecule is CNc1ccc(Cl)nc1C(=O)N(CCc1cccc(OC(F)(F)F)c1)Cc1ccc(C(F)(F)C(F)(F)F)cc1. The molecule has 0 saturated carbocycles. The Labute approximate surface area is 222 Å². The Kier molecular flexibility index (Phi) is 8.94. The molecule has 5 nitrogen and oxygen atoms in total. The van der Waals surface area contributed by atoms with Gasteiger partial charge in [-0.15, -0.1) is 13.2 Å². The molecule has 1 aromatic heterocycles. The van der Waals surface area contributed by atoms with Gasteiger partial charge < -0.3 is 15.0 Å². The van der Waals surface area contributed by atoms with E-state index in [4.69, 9.17) is 11.6 Å². The molecular formula is C25H20ClF8N3O2. The number of nitrogens with zero attached hydrogens (tertiary/aromatic N) is 2. The van der Waals surface area contributed by atoms with Crippen LogP contribution in [-0.4, -0.2) is 41.9 Å². The second kappa shape index (κ2) is 11.6. The topological polar surface area (TPSA) is 54.5 Å². The Morgan fingerprint density at radius 2 is 1.62 bits per heavy atom. The third kappa shape index (κ3) is 7.71. The molecular weight excluding hydrogens is 562 g/mol. The normalized spacial score (nSPS) is 12.3. The quantitative estimate of drug-likeness (QED) is 0.214. The molecule has 3 aromatic rings. The van der Waals surface area contributed by atoms with Crippen LogP contribution in [0, 0.1) is 0 Å². The summed E-state index contributed by atoms with van der Waals surface area (Å²) < 4.78 is 107. The zero-order valence-corrected chi connectivity index (χ0v) is 20.8. The largest absolute Gasteiger partial charge is 0.573 e. The summed E-state index contributed by atoms with van der Waals surface area (Å²) in [5, 5.41) is 2.78. The van der Waals surface area contributed by atoms with E-state index in [0.29, 0.717) is 23.4 Å². The third-order valence-corrected chi connectivity index (χ3v) is 5.68. The highest BCUT2D eigenvalue weighted by Gasteiger charge is 2.58. The lowest BCUT2D eigenvalue weighted by molar-refractivity contribution is -0.289. The molecule has 1 N–H and O–H groups in total. The highest BCUT2D eigenvalue weighted by atomic mass is 35.5. The number of alkyl halides is 8. The minimum atomic E-state index is -5.79. The molecule has 14 heteroatoms. The van der Waals surface area contributed by atoms with Gasteiger partial charge in [-0.05, 0) is 41.8 Å². The number of halogens is 9. The molecule has 0 aliphatic rings. The number of pyridine rings is 1. The number of hydrogen-bond acceptors (Lipinski definition) is 4. The highest BCUT2D eigenvalue weighted by Crippen LogP contribution is 2.43. The number of nitrogens with one attached hydrogen (secondary N) is 1. The lowest BCUT2D eigenvalue weighted by Crippen LogP contribution is -2.34. The smallest absolute Gasteiger partial charge is 0.406 e. The van der Waals surface area contributed by atoms with Crippen molar-refractivity contribution in [3.05, 3.63) is 88.2 Å². The van der Waals surface area contributed by atoms with E-state index in [0.717, 1.165) is 24.3 Å². The Morgan fingerprint density at radius 3 is 2.21 bits per heavy atom. The van der Waals surface area contributed by atoms with E-state index in [-0.39, 0.29) is 35.9 Å². The average Bonchev–Trinajstić information content (AvgIpc) is 2.85. The van der Waals surface area contributed by atoms with E-state index in [1.54, 1.807) is 0 Å². The van der Waals surface area contributed by atoms with Crippen molar-refractivity contribution in [1.82, 2.24) is 9.88 Å². The number of rotatable bonds is 9. The summed E-state index contributed by atoms with van der Waals surface area (Å²) in [5.74, 6) is -6.21. The summed E-state index contributed by atoms with van der Waals surface area (Å²) >= 11 is 5.94. The molecule has 0 unspecified atom stereocenters. The van der Waals surface area contributed by atoms with Crippen molar-refractivity contribution in [2.45, 2.75) is 31.4 Å². The van der Waals surface area contributed by atoms with E-state index >= 15 is 0 Å². The number of amides is 1. The molecule has 0 fully saturated rings. The van der Waals surface area contributed by atoms with Gasteiger partial charge in [0.25, 0.3) is 5.91 Å². The minimum Gasteiger partial charge on any atom is -0.406 e. The van der Waals surface area contributed by atoms with E-state index in [2.05, 4.69) is 15.0 Å². The summed E-state index contributed by atoms with van der Waals surface area (Å²) in [7, 11) is 1.53. The highest BCUT2D eigenvalue weighted by molar-refractivity contribution is 6.29. The molecule has 0 saturated heterocycles. The van der Waals surface area contributed by atoms with Gasteiger partial charge in [0.15, 0.2) is 5.69 Å². The fourth-order valence-corrected chi connectivity index (χ4v) is 3.72. The van der Waals surface area contributed by atoms with Crippen molar-refractivity contribution >= 4 is 23.2 Å². The lowest BCUT2D eigenvalue weighted by atomic mass is 10.0. The molecule has 2 aromatic carbocycles. The van der Waals surface area contributed by atoms with Crippen LogP contribution in [0.5, 0.6) is 5.75 Å². The summed E-state index contributed by atoms with van der Waals surface area (Å²) in [6.07, 6.45) is -10.7. The van der Waals surface area contributed by atoms with Crippen LogP contribution in [-0.2, 0) is 18.9 Å². The van der Waals surface area contributed by atoms with Crippen LogP contribution in [0.3, 0.4) is 0 Å². The van der Waals surface area contributed by atoms with Crippen LogP contribution >= 0.6 is 11.6 Å². The van der Waals surface area contributed by atoms with Crippen molar-refractivity contribution in [3.8, 4) is 5.75 Å². The van der Waals surface area contributed by atoms with Crippen LogP contribution in [0.15, 0.2) is 60.7 Å². The third-order valence-electron chi connectivity index (χ3n) is 5.47. The second-order valence-corrected chi connectivity index (χ2v) is 8.61. The number of hydrogen-bond donors (Lipinski definition) is 1. The number of carbonyl (C=O) groups excluding carboxylic acids is 1. The molecule has 210 valence electrons. The van der Waals surface area contributed by atoms with Crippen molar-refractivity contribution in [2.24, 2.45) is 0 Å². The second-order valence-electron chi connectivity index (χ2n) is 8.22. The number of benzene rings is 2. The van der Waals surface area contributed by atoms with Crippen LogP contribution in [0.1, 0.15) is 27.2 Å². The maximum Gasteiger partial charge on any atom is 0.573 e. The maximum atomic E-state index is 13.7. The van der Waals surface area contributed by atoms with Crippen LogP contribution < -0.4 is 10.1 Å². The minimum absolute atomic E-state index is 0.00645. The van der Waals surface area contributed by atoms with E-state index in [1.807, 2.05) is 0 Å². The van der Waals surface area contributed by atoms with E-state index in [1.165, 1.54) is 36.2 Å². The Bertz CT molecular complexity index is 1300. The van der Waals surface area contributed by atoms with Gasteiger partial charge in [0.1, 0.15) is 10.9 Å². The van der Waals surface area contributed by atoms with Crippen molar-refractivity contribution in [3.63, 3.8) is 0 Å². The predicted octanol–water partition coefficient (Wildman–Crippen LogP) is 7.21. The van der Waals surface area contributed by atoms with Crippen LogP contribution in [0.2, 0.25) is 5.15 Å². The number of carbonyl (C=O) groups is 1. The monoisotopic (exact) mass is 581 g/mol. The molecule has 0 radical (unpaired) electrons. The fourth-order valence-electron chi connectivity index (χ4n) is 3.57. The molecule has 1 amide bonds. The fraction of sp³-hybridized carbons (Fsp3) is 0.280. The van der Waals surface area contributed by atoms with E-state index < -0.39 is 35.7 Å². The van der Waals surface area contributed by atoms with Gasteiger partial charge in [-0.3, -0.25) is 4.79 Å². The van der Waals surface area contributed by atoms with Gasteiger partial charge in [-0.1, -0.05) is 48.0 Å². The van der Waals surface area contributed by atoms with Gasteiger partial charge in [-0.25, -0.2) is 4.98 Å². The van der Waals surface area contributed by atoms with Crippen molar-refractivity contribution in [2.75, 3.05) is 18.9 Å². The van der Waals surface area contributed by atoms with Crippen LogP contribution in [0.4, 0.5) is 40.8 Å². The summed E-state index contributed by atoms with van der Waals surface area (Å²) in [4.78, 5) is 18.7. The number of anilines is 1. The standard InChI is InChI=1S/C25H20ClF8N3O2/c1-35-19-9-10-20(26)36-21(19)22(38)37(12-11-15-3-2-4-18(13-15)39-25(32,33)34)14-16-5-7-17(8-6-16)23(27,28)24(29,30)31/h2-10,13,35H,11-12,14H2,1H3. The van der Waals surface area contributed by atoms with Gasteiger partial charge in [0.2, 0.25) is 0 Å². The first-order valence-electron chi connectivity index (χ1n) is 11.1. The van der Waals surface area contributed by atoms with Gasteiger partial charge in [-0.2, -0.15) is 22.0 Å². The predicted molar refractivity (Wildman–Crippen MR) is 127 cm³/mol. The Balaban J connectivity index is 1.89.